The van der Waals surface area contributed by atoms with Gasteiger partial charge in [-0.1, -0.05) is 50.8 Å². The van der Waals surface area contributed by atoms with Gasteiger partial charge in [0.05, 0.1) is 6.61 Å². The summed E-state index contributed by atoms with van der Waals surface area (Å²) in [6.45, 7) is 4.55. The second-order valence-electron chi connectivity index (χ2n) is 6.71. The third kappa shape index (κ3) is 7.82. The standard InChI is InChI=1S/C21H30NO3P/c1-2-3-4-5-6-13-25-21-11-10-19-15-18(8-9-20(19)16-21)17-22-12-7-14-26(23)24/h8-11,15-16,22H,2-7,12-14,17H2,1H3/p+1. The first-order valence-electron chi connectivity index (χ1n) is 9.69. The summed E-state index contributed by atoms with van der Waals surface area (Å²) < 4.78 is 16.5. The molecule has 2 aromatic rings. The summed E-state index contributed by atoms with van der Waals surface area (Å²) in [5.41, 5.74) is 1.22. The molecule has 2 rings (SSSR count). The third-order valence-electron chi connectivity index (χ3n) is 4.42. The molecule has 0 aliphatic heterocycles. The van der Waals surface area contributed by atoms with Crippen molar-refractivity contribution in [2.24, 2.45) is 0 Å². The fourth-order valence-electron chi connectivity index (χ4n) is 2.94. The number of ether oxygens (including phenoxy) is 1. The zero-order valence-electron chi connectivity index (χ0n) is 15.7. The van der Waals surface area contributed by atoms with E-state index >= 15 is 0 Å². The molecule has 0 aromatic heterocycles. The van der Waals surface area contributed by atoms with Crippen LogP contribution in [0.4, 0.5) is 0 Å². The minimum Gasteiger partial charge on any atom is -0.494 e. The summed E-state index contributed by atoms with van der Waals surface area (Å²) in [7, 11) is -2.01. The molecule has 142 valence electrons. The van der Waals surface area contributed by atoms with Gasteiger partial charge in [0.1, 0.15) is 5.75 Å². The lowest BCUT2D eigenvalue weighted by Gasteiger charge is -2.09. The normalized spacial score (nSPS) is 11.7. The molecule has 0 amide bonds. The van der Waals surface area contributed by atoms with Crippen molar-refractivity contribution in [1.82, 2.24) is 5.32 Å². The number of fused-ring (bicyclic) bond motifs is 1. The van der Waals surface area contributed by atoms with Gasteiger partial charge in [-0.05, 0) is 52.1 Å². The topological polar surface area (TPSA) is 58.6 Å². The minimum absolute atomic E-state index is 0.363. The largest absolute Gasteiger partial charge is 0.505 e. The molecule has 0 bridgehead atoms. The van der Waals surface area contributed by atoms with Crippen molar-refractivity contribution >= 4 is 18.8 Å². The Balaban J connectivity index is 1.78. The SMILES string of the molecule is CCCCCCCOc1ccc2cc(CNCCC[P+](=O)O)ccc2c1. The van der Waals surface area contributed by atoms with Crippen molar-refractivity contribution in [3.05, 3.63) is 42.0 Å². The highest BCUT2D eigenvalue weighted by Gasteiger charge is 2.07. The summed E-state index contributed by atoms with van der Waals surface area (Å²) in [6.07, 6.45) is 7.33. The lowest BCUT2D eigenvalue weighted by Crippen LogP contribution is -2.15. The zero-order chi connectivity index (χ0) is 18.6. The van der Waals surface area contributed by atoms with E-state index in [0.29, 0.717) is 6.16 Å². The molecule has 5 heteroatoms. The quantitative estimate of drug-likeness (QED) is 0.363. The first kappa shape index (κ1) is 20.8. The van der Waals surface area contributed by atoms with Gasteiger partial charge in [0, 0.05) is 13.0 Å². The van der Waals surface area contributed by atoms with Gasteiger partial charge in [-0.3, -0.25) is 0 Å². The van der Waals surface area contributed by atoms with E-state index in [9.17, 15) is 4.57 Å². The monoisotopic (exact) mass is 376 g/mol. The summed E-state index contributed by atoms with van der Waals surface area (Å²) in [6, 6.07) is 12.7. The Morgan fingerprint density at radius 3 is 2.58 bits per heavy atom. The predicted molar refractivity (Wildman–Crippen MR) is 109 cm³/mol. The molecule has 0 saturated carbocycles. The first-order chi connectivity index (χ1) is 12.7. The Labute approximate surface area is 157 Å². The average Bonchev–Trinajstić information content (AvgIpc) is 2.64. The van der Waals surface area contributed by atoms with E-state index in [4.69, 9.17) is 9.63 Å². The summed E-state index contributed by atoms with van der Waals surface area (Å²) in [5.74, 6) is 0.942. The molecule has 1 unspecified atom stereocenters. The highest BCUT2D eigenvalue weighted by molar-refractivity contribution is 7.37. The van der Waals surface area contributed by atoms with Crippen molar-refractivity contribution in [3.63, 3.8) is 0 Å². The molecule has 0 heterocycles. The lowest BCUT2D eigenvalue weighted by atomic mass is 10.1. The Kier molecular flexibility index (Phi) is 9.62. The van der Waals surface area contributed by atoms with Crippen LogP contribution in [0.1, 0.15) is 51.0 Å². The van der Waals surface area contributed by atoms with Crippen molar-refractivity contribution in [2.75, 3.05) is 19.3 Å². The van der Waals surface area contributed by atoms with Gasteiger partial charge in [-0.2, -0.15) is 4.89 Å². The van der Waals surface area contributed by atoms with E-state index in [2.05, 4.69) is 42.6 Å². The summed E-state index contributed by atoms with van der Waals surface area (Å²) >= 11 is 0. The maximum atomic E-state index is 10.6. The molecule has 0 aliphatic carbocycles. The van der Waals surface area contributed by atoms with Crippen LogP contribution >= 0.6 is 8.03 Å². The number of nitrogens with one attached hydrogen (secondary N) is 1. The van der Waals surface area contributed by atoms with Gasteiger partial charge < -0.3 is 10.1 Å². The number of unbranched alkanes of at least 4 members (excludes halogenated alkanes) is 4. The Morgan fingerprint density at radius 2 is 1.77 bits per heavy atom. The van der Waals surface area contributed by atoms with Crippen LogP contribution in [0.5, 0.6) is 5.75 Å². The number of benzene rings is 2. The Bertz CT molecular complexity index is 690. The highest BCUT2D eigenvalue weighted by Crippen LogP contribution is 2.22. The van der Waals surface area contributed by atoms with E-state index < -0.39 is 8.03 Å². The van der Waals surface area contributed by atoms with Crippen LogP contribution in [0.3, 0.4) is 0 Å². The number of hydrogen-bond donors (Lipinski definition) is 2. The van der Waals surface area contributed by atoms with Crippen LogP contribution in [-0.2, 0) is 11.1 Å². The third-order valence-corrected chi connectivity index (χ3v) is 5.12. The van der Waals surface area contributed by atoms with Crippen LogP contribution in [0.15, 0.2) is 36.4 Å². The van der Waals surface area contributed by atoms with Gasteiger partial charge in [0.2, 0.25) is 0 Å². The molecule has 4 nitrogen and oxygen atoms in total. The van der Waals surface area contributed by atoms with Crippen LogP contribution in [-0.4, -0.2) is 24.2 Å². The van der Waals surface area contributed by atoms with Crippen molar-refractivity contribution in [2.45, 2.75) is 52.0 Å². The maximum Gasteiger partial charge on any atom is 0.505 e. The molecule has 0 spiro atoms. The van der Waals surface area contributed by atoms with E-state index in [1.807, 2.05) is 6.07 Å². The van der Waals surface area contributed by atoms with E-state index in [1.165, 1.54) is 42.0 Å². The van der Waals surface area contributed by atoms with Crippen molar-refractivity contribution in [3.8, 4) is 5.75 Å². The molecule has 0 aliphatic rings. The smallest absolute Gasteiger partial charge is 0.494 e. The molecule has 0 saturated heterocycles. The van der Waals surface area contributed by atoms with Crippen molar-refractivity contribution in [1.29, 1.82) is 0 Å². The average molecular weight is 376 g/mol. The van der Waals surface area contributed by atoms with Gasteiger partial charge >= 0.3 is 8.03 Å². The molecular weight excluding hydrogens is 345 g/mol. The highest BCUT2D eigenvalue weighted by atomic mass is 31.1. The molecular formula is C21H31NO3P+. The number of hydrogen-bond acceptors (Lipinski definition) is 3. The first-order valence-corrected chi connectivity index (χ1v) is 11.1. The molecule has 26 heavy (non-hydrogen) atoms. The lowest BCUT2D eigenvalue weighted by molar-refractivity contribution is 0.305. The summed E-state index contributed by atoms with van der Waals surface area (Å²) in [5, 5.41) is 5.71. The maximum absolute atomic E-state index is 10.6. The Hall–Kier alpha value is -1.48. The van der Waals surface area contributed by atoms with Crippen LogP contribution in [0, 0.1) is 0 Å². The predicted octanol–water partition coefficient (Wildman–Crippen LogP) is 5.40. The molecule has 0 fully saturated rings. The molecule has 2 aromatic carbocycles. The zero-order valence-corrected chi connectivity index (χ0v) is 16.6. The number of rotatable bonds is 13. The molecule has 0 radical (unpaired) electrons. The van der Waals surface area contributed by atoms with Gasteiger partial charge in [0.25, 0.3) is 0 Å². The van der Waals surface area contributed by atoms with E-state index in [1.54, 1.807) is 0 Å². The van der Waals surface area contributed by atoms with Crippen molar-refractivity contribution < 1.29 is 14.2 Å². The second kappa shape index (κ2) is 12.0. The summed E-state index contributed by atoms with van der Waals surface area (Å²) in [4.78, 5) is 8.78. The van der Waals surface area contributed by atoms with Gasteiger partial charge in [-0.25, -0.2) is 0 Å². The second-order valence-corrected chi connectivity index (χ2v) is 7.86. The van der Waals surface area contributed by atoms with Crippen LogP contribution < -0.4 is 10.1 Å². The van der Waals surface area contributed by atoms with Gasteiger partial charge in [-0.15, -0.1) is 0 Å². The molecule has 1 atom stereocenters. The van der Waals surface area contributed by atoms with Crippen LogP contribution in [0.2, 0.25) is 0 Å². The van der Waals surface area contributed by atoms with Crippen LogP contribution in [0.25, 0.3) is 10.8 Å². The van der Waals surface area contributed by atoms with Gasteiger partial charge in [0.15, 0.2) is 6.16 Å². The minimum atomic E-state index is -2.01. The fraction of sp³-hybridized carbons (Fsp3) is 0.524. The Morgan fingerprint density at radius 1 is 1.00 bits per heavy atom. The molecule has 2 N–H and O–H groups in total. The van der Waals surface area contributed by atoms with E-state index in [-0.39, 0.29) is 0 Å². The van der Waals surface area contributed by atoms with E-state index in [0.717, 1.165) is 38.3 Å². The fourth-order valence-corrected chi connectivity index (χ4v) is 3.37.